The molecule has 0 heterocycles. The molecular formula is C9H10F3NO. The van der Waals surface area contributed by atoms with Crippen LogP contribution >= 0.6 is 0 Å². The molecule has 0 fully saturated rings. The van der Waals surface area contributed by atoms with Crippen molar-refractivity contribution in [3.05, 3.63) is 23.8 Å². The average molecular weight is 205 g/mol. The molecular weight excluding hydrogens is 195 g/mol. The normalized spacial score (nSPS) is 11.4. The van der Waals surface area contributed by atoms with Crippen molar-refractivity contribution in [2.75, 3.05) is 11.9 Å². The number of rotatable bonds is 2. The standard InChI is InChI=1S/C9H10F3NO/c1-6-7(3-2-4-8(6)14)13-5-9(10,11)12/h2-4,13-14H,5H2,1H3. The first kappa shape index (κ1) is 10.7. The fourth-order valence-corrected chi connectivity index (χ4v) is 1.01. The number of anilines is 1. The molecule has 0 unspecified atom stereocenters. The van der Waals surface area contributed by atoms with E-state index >= 15 is 0 Å². The van der Waals surface area contributed by atoms with Gasteiger partial charge in [0.05, 0.1) is 0 Å². The Morgan fingerprint density at radius 1 is 1.36 bits per heavy atom. The molecule has 14 heavy (non-hydrogen) atoms. The lowest BCUT2D eigenvalue weighted by Crippen LogP contribution is -2.21. The molecule has 78 valence electrons. The van der Waals surface area contributed by atoms with Crippen LogP contribution in [0.25, 0.3) is 0 Å². The predicted molar refractivity (Wildman–Crippen MR) is 47.4 cm³/mol. The molecule has 0 radical (unpaired) electrons. The summed E-state index contributed by atoms with van der Waals surface area (Å²) in [5.41, 5.74) is 0.707. The minimum Gasteiger partial charge on any atom is -0.508 e. The third kappa shape index (κ3) is 2.83. The van der Waals surface area contributed by atoms with Crippen molar-refractivity contribution in [1.29, 1.82) is 0 Å². The maximum absolute atomic E-state index is 11.8. The van der Waals surface area contributed by atoms with E-state index in [0.717, 1.165) is 0 Å². The lowest BCUT2D eigenvalue weighted by atomic mass is 10.2. The van der Waals surface area contributed by atoms with Crippen LogP contribution in [0.5, 0.6) is 5.75 Å². The smallest absolute Gasteiger partial charge is 0.405 e. The van der Waals surface area contributed by atoms with Crippen LogP contribution in [0.3, 0.4) is 0 Å². The highest BCUT2D eigenvalue weighted by atomic mass is 19.4. The molecule has 0 aliphatic carbocycles. The highest BCUT2D eigenvalue weighted by Gasteiger charge is 2.26. The van der Waals surface area contributed by atoms with Crippen LogP contribution in [0.2, 0.25) is 0 Å². The second-order valence-electron chi connectivity index (χ2n) is 2.92. The van der Waals surface area contributed by atoms with Gasteiger partial charge in [-0.25, -0.2) is 0 Å². The number of hydrogen-bond acceptors (Lipinski definition) is 2. The number of aromatic hydroxyl groups is 1. The molecule has 2 N–H and O–H groups in total. The minimum absolute atomic E-state index is 0.0165. The number of halogens is 3. The van der Waals surface area contributed by atoms with Gasteiger partial charge in [0.2, 0.25) is 0 Å². The summed E-state index contributed by atoms with van der Waals surface area (Å²) < 4.78 is 35.5. The Morgan fingerprint density at radius 3 is 2.57 bits per heavy atom. The summed E-state index contributed by atoms with van der Waals surface area (Å²) in [6.45, 7) is 0.450. The first-order chi connectivity index (χ1) is 6.40. The van der Waals surface area contributed by atoms with E-state index in [-0.39, 0.29) is 5.75 Å². The molecule has 0 amide bonds. The molecule has 0 aliphatic rings. The summed E-state index contributed by atoms with van der Waals surface area (Å²) in [6.07, 6.45) is -4.25. The van der Waals surface area contributed by atoms with Crippen molar-refractivity contribution in [1.82, 2.24) is 0 Å². The van der Waals surface area contributed by atoms with Crippen molar-refractivity contribution in [2.24, 2.45) is 0 Å². The number of nitrogens with one attached hydrogen (secondary N) is 1. The largest absolute Gasteiger partial charge is 0.508 e. The third-order valence-electron chi connectivity index (χ3n) is 1.78. The van der Waals surface area contributed by atoms with Crippen LogP contribution in [0.15, 0.2) is 18.2 Å². The third-order valence-corrected chi connectivity index (χ3v) is 1.78. The van der Waals surface area contributed by atoms with Gasteiger partial charge in [-0.05, 0) is 19.1 Å². The molecule has 1 aromatic rings. The van der Waals surface area contributed by atoms with Gasteiger partial charge < -0.3 is 10.4 Å². The van der Waals surface area contributed by atoms with E-state index in [1.807, 2.05) is 0 Å². The van der Waals surface area contributed by atoms with Gasteiger partial charge in [0, 0.05) is 11.3 Å². The average Bonchev–Trinajstić information content (AvgIpc) is 2.06. The second-order valence-corrected chi connectivity index (χ2v) is 2.92. The Kier molecular flexibility index (Phi) is 2.88. The van der Waals surface area contributed by atoms with Crippen LogP contribution in [-0.4, -0.2) is 17.8 Å². The Bertz CT molecular complexity index is 322. The van der Waals surface area contributed by atoms with Gasteiger partial charge >= 0.3 is 6.18 Å². The van der Waals surface area contributed by atoms with E-state index in [2.05, 4.69) is 5.32 Å². The molecule has 0 spiro atoms. The zero-order valence-electron chi connectivity index (χ0n) is 7.52. The Balaban J connectivity index is 2.73. The molecule has 0 bridgehead atoms. The van der Waals surface area contributed by atoms with E-state index in [0.29, 0.717) is 11.3 Å². The number of alkyl halides is 3. The molecule has 1 rings (SSSR count). The van der Waals surface area contributed by atoms with Crippen molar-refractivity contribution in [2.45, 2.75) is 13.1 Å². The van der Waals surface area contributed by atoms with Gasteiger partial charge in [-0.3, -0.25) is 0 Å². The highest BCUT2D eigenvalue weighted by molar-refractivity contribution is 5.56. The summed E-state index contributed by atoms with van der Waals surface area (Å²) >= 11 is 0. The van der Waals surface area contributed by atoms with Gasteiger partial charge in [-0.1, -0.05) is 6.07 Å². The summed E-state index contributed by atoms with van der Waals surface area (Å²) in [5.74, 6) is -0.0165. The minimum atomic E-state index is -4.25. The SMILES string of the molecule is Cc1c(O)cccc1NCC(F)(F)F. The van der Waals surface area contributed by atoms with Crippen molar-refractivity contribution in [3.63, 3.8) is 0 Å². The number of phenols is 1. The molecule has 0 aromatic heterocycles. The zero-order valence-corrected chi connectivity index (χ0v) is 7.52. The summed E-state index contributed by atoms with van der Waals surface area (Å²) in [7, 11) is 0. The Labute approximate surface area is 79.4 Å². The number of benzene rings is 1. The number of hydrogen-bond donors (Lipinski definition) is 2. The lowest BCUT2D eigenvalue weighted by molar-refractivity contribution is -0.115. The predicted octanol–water partition coefficient (Wildman–Crippen LogP) is 2.67. The van der Waals surface area contributed by atoms with Gasteiger partial charge in [-0.2, -0.15) is 13.2 Å². The topological polar surface area (TPSA) is 32.3 Å². The van der Waals surface area contributed by atoms with E-state index in [9.17, 15) is 18.3 Å². The van der Waals surface area contributed by atoms with Crippen LogP contribution in [0.1, 0.15) is 5.56 Å². The van der Waals surface area contributed by atoms with Gasteiger partial charge in [0.25, 0.3) is 0 Å². The Hall–Kier alpha value is -1.39. The van der Waals surface area contributed by atoms with E-state index in [1.165, 1.54) is 18.2 Å². The van der Waals surface area contributed by atoms with Crippen molar-refractivity contribution in [3.8, 4) is 5.75 Å². The molecule has 0 atom stereocenters. The van der Waals surface area contributed by atoms with Crippen molar-refractivity contribution >= 4 is 5.69 Å². The van der Waals surface area contributed by atoms with Crippen molar-refractivity contribution < 1.29 is 18.3 Å². The summed E-state index contributed by atoms with van der Waals surface area (Å²) in [6, 6.07) is 4.40. The molecule has 1 aromatic carbocycles. The summed E-state index contributed by atoms with van der Waals surface area (Å²) in [4.78, 5) is 0. The molecule has 0 aliphatic heterocycles. The fourth-order valence-electron chi connectivity index (χ4n) is 1.01. The lowest BCUT2D eigenvalue weighted by Gasteiger charge is -2.12. The second kappa shape index (κ2) is 3.77. The van der Waals surface area contributed by atoms with Gasteiger partial charge in [0.1, 0.15) is 12.3 Å². The quantitative estimate of drug-likeness (QED) is 0.777. The van der Waals surface area contributed by atoms with E-state index < -0.39 is 12.7 Å². The fraction of sp³-hybridized carbons (Fsp3) is 0.333. The first-order valence-electron chi connectivity index (χ1n) is 3.99. The molecule has 0 saturated carbocycles. The van der Waals surface area contributed by atoms with E-state index in [4.69, 9.17) is 0 Å². The maximum Gasteiger partial charge on any atom is 0.405 e. The first-order valence-corrected chi connectivity index (χ1v) is 3.99. The monoisotopic (exact) mass is 205 g/mol. The molecule has 2 nitrogen and oxygen atoms in total. The molecule has 5 heteroatoms. The Morgan fingerprint density at radius 2 is 2.00 bits per heavy atom. The zero-order chi connectivity index (χ0) is 10.8. The van der Waals surface area contributed by atoms with E-state index in [1.54, 1.807) is 6.92 Å². The van der Waals surface area contributed by atoms with Gasteiger partial charge in [0.15, 0.2) is 0 Å². The van der Waals surface area contributed by atoms with Crippen LogP contribution in [-0.2, 0) is 0 Å². The molecule has 0 saturated heterocycles. The van der Waals surface area contributed by atoms with Crippen LogP contribution in [0.4, 0.5) is 18.9 Å². The maximum atomic E-state index is 11.8. The van der Waals surface area contributed by atoms with Crippen LogP contribution in [0, 0.1) is 6.92 Å². The summed E-state index contributed by atoms with van der Waals surface area (Å²) in [5, 5.41) is 11.4. The van der Waals surface area contributed by atoms with Gasteiger partial charge in [-0.15, -0.1) is 0 Å². The highest BCUT2D eigenvalue weighted by Crippen LogP contribution is 2.25. The van der Waals surface area contributed by atoms with Crippen LogP contribution < -0.4 is 5.32 Å². The number of phenolic OH excluding ortho intramolecular Hbond substituents is 1.